The molecular weight excluding hydrogens is 242 g/mol. The number of amides is 2. The van der Waals surface area contributed by atoms with E-state index in [1.807, 2.05) is 0 Å². The molecule has 19 heavy (non-hydrogen) atoms. The number of hydrogen-bond acceptors (Lipinski definition) is 4. The lowest BCUT2D eigenvalue weighted by molar-refractivity contribution is -0.134. The van der Waals surface area contributed by atoms with Crippen LogP contribution in [0.3, 0.4) is 0 Å². The number of likely N-dealkylation sites (tertiary alicyclic amines) is 1. The second-order valence-corrected chi connectivity index (χ2v) is 5.64. The molecule has 2 saturated heterocycles. The van der Waals surface area contributed by atoms with Gasteiger partial charge in [0.05, 0.1) is 6.04 Å². The van der Waals surface area contributed by atoms with Gasteiger partial charge in [-0.3, -0.25) is 14.9 Å². The quantitative estimate of drug-likeness (QED) is 0.734. The highest BCUT2D eigenvalue weighted by molar-refractivity contribution is 6.00. The van der Waals surface area contributed by atoms with Gasteiger partial charge in [0.15, 0.2) is 0 Å². The number of rotatable bonds is 4. The van der Waals surface area contributed by atoms with Crippen molar-refractivity contribution < 1.29 is 9.59 Å². The van der Waals surface area contributed by atoms with Crippen LogP contribution in [0.1, 0.15) is 45.4 Å². The van der Waals surface area contributed by atoms with E-state index in [1.54, 1.807) is 0 Å². The summed E-state index contributed by atoms with van der Waals surface area (Å²) in [6.45, 7) is 5.66. The van der Waals surface area contributed by atoms with Gasteiger partial charge < -0.3 is 10.2 Å². The van der Waals surface area contributed by atoms with Crippen LogP contribution in [0.4, 0.5) is 0 Å². The maximum Gasteiger partial charge on any atom is 0.243 e. The summed E-state index contributed by atoms with van der Waals surface area (Å²) in [5.41, 5.74) is 0. The average molecular weight is 267 g/mol. The van der Waals surface area contributed by atoms with Gasteiger partial charge in [-0.1, -0.05) is 6.92 Å². The lowest BCUT2D eigenvalue weighted by atomic mass is 10.0. The zero-order chi connectivity index (χ0) is 13.7. The molecule has 2 aliphatic rings. The second-order valence-electron chi connectivity index (χ2n) is 5.64. The molecule has 2 atom stereocenters. The van der Waals surface area contributed by atoms with Crippen LogP contribution in [-0.2, 0) is 9.59 Å². The number of nitrogens with one attached hydrogen (secondary N) is 2. The first kappa shape index (κ1) is 14.5. The van der Waals surface area contributed by atoms with E-state index < -0.39 is 0 Å². The van der Waals surface area contributed by atoms with Crippen LogP contribution in [0.5, 0.6) is 0 Å². The Kier molecular flexibility index (Phi) is 5.34. The first-order valence-electron chi connectivity index (χ1n) is 7.51. The largest absolute Gasteiger partial charge is 0.303 e. The molecule has 0 aromatic carbocycles. The standard InChI is InChI=1S/C14H25N3O2/c1-2-8-17-9-3-4-11(7-10-17)15-12-5-6-13(18)16-14(12)19/h11-12,15H,2-10H2,1H3,(H,16,18,19). The fourth-order valence-electron chi connectivity index (χ4n) is 3.00. The molecule has 5 nitrogen and oxygen atoms in total. The minimum atomic E-state index is -0.180. The highest BCUT2D eigenvalue weighted by atomic mass is 16.2. The summed E-state index contributed by atoms with van der Waals surface area (Å²) in [6, 6.07) is 0.228. The fraction of sp³-hybridized carbons (Fsp3) is 0.857. The Morgan fingerprint density at radius 1 is 1.26 bits per heavy atom. The SMILES string of the molecule is CCCN1CCCC(NC2CCC(=O)NC2=O)CC1. The molecule has 0 radical (unpaired) electrons. The number of carbonyl (C=O) groups excluding carboxylic acids is 2. The highest BCUT2D eigenvalue weighted by Crippen LogP contribution is 2.14. The maximum atomic E-state index is 11.7. The van der Waals surface area contributed by atoms with Gasteiger partial charge in [0.25, 0.3) is 0 Å². The van der Waals surface area contributed by atoms with Crippen molar-refractivity contribution >= 4 is 11.8 Å². The van der Waals surface area contributed by atoms with Gasteiger partial charge >= 0.3 is 0 Å². The van der Waals surface area contributed by atoms with Crippen molar-refractivity contribution in [2.24, 2.45) is 0 Å². The zero-order valence-electron chi connectivity index (χ0n) is 11.8. The monoisotopic (exact) mass is 267 g/mol. The number of piperidine rings is 1. The first-order valence-corrected chi connectivity index (χ1v) is 7.51. The zero-order valence-corrected chi connectivity index (χ0v) is 11.8. The Morgan fingerprint density at radius 2 is 2.11 bits per heavy atom. The van der Waals surface area contributed by atoms with E-state index >= 15 is 0 Å². The molecule has 108 valence electrons. The molecule has 5 heteroatoms. The van der Waals surface area contributed by atoms with Crippen molar-refractivity contribution in [3.05, 3.63) is 0 Å². The number of imide groups is 1. The van der Waals surface area contributed by atoms with E-state index in [0.717, 1.165) is 19.4 Å². The Bertz CT molecular complexity index is 333. The van der Waals surface area contributed by atoms with Crippen LogP contribution in [0.15, 0.2) is 0 Å². The summed E-state index contributed by atoms with van der Waals surface area (Å²) < 4.78 is 0. The van der Waals surface area contributed by atoms with E-state index in [4.69, 9.17) is 0 Å². The van der Waals surface area contributed by atoms with Gasteiger partial charge in [-0.2, -0.15) is 0 Å². The molecule has 2 rings (SSSR count). The molecule has 2 heterocycles. The first-order chi connectivity index (χ1) is 9.19. The third-order valence-electron chi connectivity index (χ3n) is 4.04. The van der Waals surface area contributed by atoms with Crippen molar-refractivity contribution in [2.75, 3.05) is 19.6 Å². The number of nitrogens with zero attached hydrogens (tertiary/aromatic N) is 1. The lowest BCUT2D eigenvalue weighted by Crippen LogP contribution is -2.53. The molecule has 0 spiro atoms. The van der Waals surface area contributed by atoms with Crippen molar-refractivity contribution in [2.45, 2.75) is 57.5 Å². The van der Waals surface area contributed by atoms with Crippen molar-refractivity contribution in [1.29, 1.82) is 0 Å². The number of hydrogen-bond donors (Lipinski definition) is 2. The fourth-order valence-corrected chi connectivity index (χ4v) is 3.00. The molecule has 2 aliphatic heterocycles. The third-order valence-corrected chi connectivity index (χ3v) is 4.04. The summed E-state index contributed by atoms with van der Waals surface area (Å²) in [5, 5.41) is 5.85. The van der Waals surface area contributed by atoms with Crippen LogP contribution in [0.2, 0.25) is 0 Å². The molecule has 2 unspecified atom stereocenters. The van der Waals surface area contributed by atoms with Crippen molar-refractivity contribution in [3.8, 4) is 0 Å². The Labute approximate surface area is 115 Å². The van der Waals surface area contributed by atoms with Gasteiger partial charge in [0.2, 0.25) is 11.8 Å². The van der Waals surface area contributed by atoms with Gasteiger partial charge in [0, 0.05) is 12.5 Å². The van der Waals surface area contributed by atoms with E-state index in [-0.39, 0.29) is 17.9 Å². The molecule has 0 aromatic heterocycles. The minimum absolute atomic E-state index is 0.141. The van der Waals surface area contributed by atoms with Crippen LogP contribution in [0.25, 0.3) is 0 Å². The summed E-state index contributed by atoms with van der Waals surface area (Å²) in [4.78, 5) is 25.3. The Hall–Kier alpha value is -0.940. The molecule has 0 bridgehead atoms. The van der Waals surface area contributed by atoms with Crippen molar-refractivity contribution in [3.63, 3.8) is 0 Å². The average Bonchev–Trinajstić information content (AvgIpc) is 2.59. The third kappa shape index (κ3) is 4.28. The van der Waals surface area contributed by atoms with Crippen LogP contribution in [0, 0.1) is 0 Å². The molecule has 2 amide bonds. The molecular formula is C14H25N3O2. The molecule has 0 aliphatic carbocycles. The predicted molar refractivity (Wildman–Crippen MR) is 73.7 cm³/mol. The molecule has 0 aromatic rings. The Morgan fingerprint density at radius 3 is 2.84 bits per heavy atom. The van der Waals surface area contributed by atoms with E-state index in [0.29, 0.717) is 18.9 Å². The van der Waals surface area contributed by atoms with Crippen LogP contribution in [-0.4, -0.2) is 48.4 Å². The summed E-state index contributed by atoms with van der Waals surface area (Å²) >= 11 is 0. The maximum absolute atomic E-state index is 11.7. The van der Waals surface area contributed by atoms with Crippen LogP contribution < -0.4 is 10.6 Å². The number of carbonyl (C=O) groups is 2. The summed E-state index contributed by atoms with van der Waals surface area (Å²) in [6.07, 6.45) is 5.70. The topological polar surface area (TPSA) is 61.4 Å². The Balaban J connectivity index is 1.79. The van der Waals surface area contributed by atoms with E-state index in [9.17, 15) is 9.59 Å². The molecule has 0 saturated carbocycles. The molecule has 2 fully saturated rings. The van der Waals surface area contributed by atoms with E-state index in [2.05, 4.69) is 22.5 Å². The lowest BCUT2D eigenvalue weighted by Gasteiger charge is -2.27. The summed E-state index contributed by atoms with van der Waals surface area (Å²) in [7, 11) is 0. The van der Waals surface area contributed by atoms with Crippen molar-refractivity contribution in [1.82, 2.24) is 15.5 Å². The summed E-state index contributed by atoms with van der Waals surface area (Å²) in [5.74, 6) is -0.288. The highest BCUT2D eigenvalue weighted by Gasteiger charge is 2.28. The van der Waals surface area contributed by atoms with Gasteiger partial charge in [-0.25, -0.2) is 0 Å². The predicted octanol–water partition coefficient (Wildman–Crippen LogP) is 0.646. The van der Waals surface area contributed by atoms with Gasteiger partial charge in [-0.05, 0) is 51.7 Å². The normalized spacial score (nSPS) is 29.9. The van der Waals surface area contributed by atoms with Gasteiger partial charge in [0.1, 0.15) is 0 Å². The smallest absolute Gasteiger partial charge is 0.243 e. The second kappa shape index (κ2) is 7.01. The van der Waals surface area contributed by atoms with Crippen LogP contribution >= 0.6 is 0 Å². The minimum Gasteiger partial charge on any atom is -0.303 e. The molecule has 2 N–H and O–H groups in total. The van der Waals surface area contributed by atoms with Gasteiger partial charge in [-0.15, -0.1) is 0 Å². The van der Waals surface area contributed by atoms with E-state index in [1.165, 1.54) is 25.9 Å².